The van der Waals surface area contributed by atoms with Gasteiger partial charge in [-0.05, 0) is 38.1 Å². The van der Waals surface area contributed by atoms with Crippen molar-refractivity contribution in [3.63, 3.8) is 0 Å². The number of halogens is 1. The molecule has 3 amide bonds. The molecule has 2 heterocycles. The lowest BCUT2D eigenvalue weighted by atomic mass is 10.1. The Morgan fingerprint density at radius 2 is 1.96 bits per heavy atom. The minimum atomic E-state index is -0.578. The molecule has 1 aromatic rings. The molecule has 1 aromatic carbocycles. The summed E-state index contributed by atoms with van der Waals surface area (Å²) in [7, 11) is 1.61. The first kappa shape index (κ1) is 18.7. The predicted octanol–water partition coefficient (Wildman–Crippen LogP) is 2.21. The summed E-state index contributed by atoms with van der Waals surface area (Å²) in [6.45, 7) is 3.90. The molecular formula is C17H19ClN4O3S. The van der Waals surface area contributed by atoms with Gasteiger partial charge in [-0.3, -0.25) is 14.9 Å². The molecule has 0 spiro atoms. The Morgan fingerprint density at radius 1 is 1.31 bits per heavy atom. The summed E-state index contributed by atoms with van der Waals surface area (Å²) >= 11 is 7.12. The number of nitrogens with one attached hydrogen (secondary N) is 1. The molecule has 1 saturated heterocycles. The Morgan fingerprint density at radius 3 is 2.58 bits per heavy atom. The number of urea groups is 1. The number of likely N-dealkylation sites (N-methyl/N-ethyl adjacent to an activating group) is 1. The molecule has 138 valence electrons. The van der Waals surface area contributed by atoms with Crippen LogP contribution >= 0.6 is 23.4 Å². The average Bonchev–Trinajstić information content (AvgIpc) is 2.99. The number of fused-ring (bicyclic) bond motifs is 1. The second kappa shape index (κ2) is 7.28. The third-order valence-electron chi connectivity index (χ3n) is 4.32. The molecule has 2 aliphatic heterocycles. The smallest absolute Gasteiger partial charge is 0.325 e. The number of nitrogens with zero attached hydrogens (tertiary/aromatic N) is 3. The Balaban J connectivity index is 1.77. The SMILES string of the molecule is CC(C)N1C(SCC(=O)c2ccc(Cl)cc2)=NC2C1C(=O)NC(=O)N2C. The summed E-state index contributed by atoms with van der Waals surface area (Å²) in [6, 6.07) is 5.66. The van der Waals surface area contributed by atoms with E-state index in [0.717, 1.165) is 0 Å². The molecule has 9 heteroatoms. The van der Waals surface area contributed by atoms with Crippen LogP contribution in [0.1, 0.15) is 24.2 Å². The Kier molecular flexibility index (Phi) is 5.24. The predicted molar refractivity (Wildman–Crippen MR) is 102 cm³/mol. The minimum absolute atomic E-state index is 0.00534. The highest BCUT2D eigenvalue weighted by atomic mass is 35.5. The fourth-order valence-corrected chi connectivity index (χ4v) is 4.17. The molecule has 26 heavy (non-hydrogen) atoms. The van der Waals surface area contributed by atoms with Crippen molar-refractivity contribution >= 4 is 46.3 Å². The third kappa shape index (κ3) is 3.43. The average molecular weight is 395 g/mol. The van der Waals surface area contributed by atoms with Crippen molar-refractivity contribution in [2.75, 3.05) is 12.8 Å². The molecule has 0 bridgehead atoms. The van der Waals surface area contributed by atoms with Gasteiger partial charge in [-0.2, -0.15) is 0 Å². The largest absolute Gasteiger partial charge is 0.333 e. The molecule has 0 radical (unpaired) electrons. The van der Waals surface area contributed by atoms with E-state index in [1.165, 1.54) is 16.7 Å². The number of benzene rings is 1. The molecule has 2 unspecified atom stereocenters. The molecule has 1 N–H and O–H groups in total. The fourth-order valence-electron chi connectivity index (χ4n) is 2.96. The molecule has 1 fully saturated rings. The lowest BCUT2D eigenvalue weighted by Gasteiger charge is -2.37. The van der Waals surface area contributed by atoms with Gasteiger partial charge in [-0.1, -0.05) is 23.4 Å². The highest BCUT2D eigenvalue weighted by molar-refractivity contribution is 8.14. The third-order valence-corrected chi connectivity index (χ3v) is 5.55. The van der Waals surface area contributed by atoms with Crippen LogP contribution in [0.15, 0.2) is 29.3 Å². The lowest BCUT2D eigenvalue weighted by molar-refractivity contribution is -0.127. The van der Waals surface area contributed by atoms with Crippen molar-refractivity contribution in [3.05, 3.63) is 34.9 Å². The number of rotatable bonds is 4. The maximum Gasteiger partial charge on any atom is 0.325 e. The zero-order chi connectivity index (χ0) is 19.0. The van der Waals surface area contributed by atoms with Crippen LogP contribution in [0.25, 0.3) is 0 Å². The van der Waals surface area contributed by atoms with E-state index in [1.54, 1.807) is 31.3 Å². The van der Waals surface area contributed by atoms with Crippen LogP contribution in [0, 0.1) is 0 Å². The van der Waals surface area contributed by atoms with Crippen LogP contribution in [0.5, 0.6) is 0 Å². The van der Waals surface area contributed by atoms with Gasteiger partial charge in [0.2, 0.25) is 0 Å². The highest BCUT2D eigenvalue weighted by Gasteiger charge is 2.49. The normalized spacial score (nSPS) is 22.4. The van der Waals surface area contributed by atoms with E-state index < -0.39 is 18.2 Å². The topological polar surface area (TPSA) is 82.1 Å². The first-order chi connectivity index (χ1) is 12.3. The molecular weight excluding hydrogens is 376 g/mol. The maximum atomic E-state index is 12.4. The number of hydrogen-bond acceptors (Lipinski definition) is 6. The Hall–Kier alpha value is -2.06. The van der Waals surface area contributed by atoms with Crippen LogP contribution in [0.4, 0.5) is 4.79 Å². The van der Waals surface area contributed by atoms with Gasteiger partial charge in [0.25, 0.3) is 5.91 Å². The molecule has 3 rings (SSSR count). The summed E-state index contributed by atoms with van der Waals surface area (Å²) in [4.78, 5) is 44.4. The standard InChI is InChI=1S/C17H19ClN4O3S/c1-9(2)22-13-14(21(3)16(25)20-15(13)24)19-17(22)26-8-12(23)10-4-6-11(18)7-5-10/h4-7,9,13-14H,8H2,1-3H3,(H,20,24,25). The summed E-state index contributed by atoms with van der Waals surface area (Å²) < 4.78 is 0. The molecule has 0 aromatic heterocycles. The van der Waals surface area contributed by atoms with Crippen molar-refractivity contribution in [2.45, 2.75) is 32.1 Å². The van der Waals surface area contributed by atoms with Crippen molar-refractivity contribution in [1.82, 2.24) is 15.1 Å². The number of carbonyl (C=O) groups excluding carboxylic acids is 3. The molecule has 2 aliphatic rings. The lowest BCUT2D eigenvalue weighted by Crippen LogP contribution is -2.64. The second-order valence-corrected chi connectivity index (χ2v) is 7.77. The van der Waals surface area contributed by atoms with E-state index in [2.05, 4.69) is 10.3 Å². The van der Waals surface area contributed by atoms with E-state index in [4.69, 9.17) is 11.6 Å². The van der Waals surface area contributed by atoms with Crippen LogP contribution in [0.3, 0.4) is 0 Å². The van der Waals surface area contributed by atoms with E-state index in [1.807, 2.05) is 18.7 Å². The fraction of sp³-hybridized carbons (Fsp3) is 0.412. The van der Waals surface area contributed by atoms with Crippen LogP contribution in [0.2, 0.25) is 5.02 Å². The molecule has 0 aliphatic carbocycles. The molecule has 7 nitrogen and oxygen atoms in total. The van der Waals surface area contributed by atoms with Crippen LogP contribution in [-0.4, -0.2) is 63.7 Å². The maximum absolute atomic E-state index is 12.4. The van der Waals surface area contributed by atoms with Gasteiger partial charge in [-0.25, -0.2) is 9.79 Å². The Labute approximate surface area is 160 Å². The van der Waals surface area contributed by atoms with Crippen LogP contribution in [-0.2, 0) is 4.79 Å². The number of carbonyl (C=O) groups is 3. The van der Waals surface area contributed by atoms with Gasteiger partial charge in [0.05, 0.1) is 5.75 Å². The van der Waals surface area contributed by atoms with Gasteiger partial charge >= 0.3 is 6.03 Å². The number of ketones is 1. The number of amidine groups is 1. The number of amides is 3. The highest BCUT2D eigenvalue weighted by Crippen LogP contribution is 2.30. The first-order valence-corrected chi connectivity index (χ1v) is 9.51. The summed E-state index contributed by atoms with van der Waals surface area (Å²) in [5.74, 6) is -0.236. The summed E-state index contributed by atoms with van der Waals surface area (Å²) in [5, 5.41) is 3.51. The number of imide groups is 1. The number of hydrogen-bond donors (Lipinski definition) is 1. The van der Waals surface area contributed by atoms with Gasteiger partial charge in [0.1, 0.15) is 0 Å². The van der Waals surface area contributed by atoms with E-state index in [9.17, 15) is 14.4 Å². The zero-order valence-electron chi connectivity index (χ0n) is 14.6. The van der Waals surface area contributed by atoms with E-state index >= 15 is 0 Å². The quantitative estimate of drug-likeness (QED) is 0.792. The van der Waals surface area contributed by atoms with Crippen molar-refractivity contribution < 1.29 is 14.4 Å². The number of Topliss-reactive ketones (excluding diaryl/α,β-unsaturated/α-hetero) is 1. The van der Waals surface area contributed by atoms with Crippen molar-refractivity contribution in [1.29, 1.82) is 0 Å². The minimum Gasteiger partial charge on any atom is -0.333 e. The number of thioether (sulfide) groups is 1. The Bertz CT molecular complexity index is 781. The van der Waals surface area contributed by atoms with Crippen LogP contribution < -0.4 is 5.32 Å². The van der Waals surface area contributed by atoms with Crippen molar-refractivity contribution in [2.24, 2.45) is 4.99 Å². The summed E-state index contributed by atoms with van der Waals surface area (Å²) in [5.41, 5.74) is 0.569. The number of aliphatic imine (C=N–C) groups is 1. The monoisotopic (exact) mass is 394 g/mol. The van der Waals surface area contributed by atoms with Gasteiger partial charge < -0.3 is 9.80 Å². The first-order valence-electron chi connectivity index (χ1n) is 8.15. The molecule has 2 atom stereocenters. The van der Waals surface area contributed by atoms with Crippen molar-refractivity contribution in [3.8, 4) is 0 Å². The van der Waals surface area contributed by atoms with Gasteiger partial charge in [0.15, 0.2) is 23.2 Å². The zero-order valence-corrected chi connectivity index (χ0v) is 16.2. The van der Waals surface area contributed by atoms with Gasteiger partial charge in [-0.15, -0.1) is 0 Å². The molecule has 0 saturated carbocycles. The van der Waals surface area contributed by atoms with E-state index in [-0.39, 0.29) is 23.5 Å². The van der Waals surface area contributed by atoms with E-state index in [0.29, 0.717) is 15.8 Å². The van der Waals surface area contributed by atoms with Gasteiger partial charge in [0, 0.05) is 23.7 Å². The summed E-state index contributed by atoms with van der Waals surface area (Å²) in [6.07, 6.45) is -0.577. The second-order valence-electron chi connectivity index (χ2n) is 6.40.